The third kappa shape index (κ3) is 7.27. The summed E-state index contributed by atoms with van der Waals surface area (Å²) in [6.45, 7) is 7.07. The Labute approximate surface area is 262 Å². The molecular weight excluding hydrogens is 561 g/mol. The molecule has 1 heterocycles. The van der Waals surface area contributed by atoms with Crippen LogP contribution in [0.25, 0.3) is 0 Å². The molecule has 43 heavy (non-hydrogen) atoms. The van der Waals surface area contributed by atoms with Gasteiger partial charge in [-0.25, -0.2) is 4.39 Å². The van der Waals surface area contributed by atoms with Crippen LogP contribution in [0, 0.1) is 11.2 Å². The van der Waals surface area contributed by atoms with Crippen LogP contribution in [0.4, 0.5) is 4.39 Å². The van der Waals surface area contributed by atoms with Crippen LogP contribution in [-0.2, 0) is 12.8 Å². The smallest absolute Gasteiger partial charge is 0.167 e. The number of Topliss-reactive ketones (excluding diaryl/α,β-unsaturated/α-hetero) is 1. The van der Waals surface area contributed by atoms with Gasteiger partial charge in [-0.2, -0.15) is 0 Å². The van der Waals surface area contributed by atoms with E-state index >= 15 is 0 Å². The molecule has 6 rings (SSSR count). The van der Waals surface area contributed by atoms with Crippen LogP contribution >= 0.6 is 11.6 Å². The second-order valence-electron chi connectivity index (χ2n) is 13.8. The maximum atomic E-state index is 14.8. The standard InChI is InChI=1S/C37H49ClFNO3/c1-26-10-9-18-36(2)32(17-19-37(36,43)25-40-20-6-4-3-5-7-21-40)29-16-14-27(22-28(41)15-13-26)23-30(29)35(42)24-31-33(38)11-8-12-34(31)39/h8,10-12,14,16,23,28,32,41,43H,3-7,9,13,15,17-22,24-25H2,1-2H3/t28-,32-,36-,37+/m0/s1. The number of carbonyl (C=O) groups is 1. The van der Waals surface area contributed by atoms with Gasteiger partial charge in [0.25, 0.3) is 0 Å². The summed E-state index contributed by atoms with van der Waals surface area (Å²) in [4.78, 5) is 16.5. The molecular formula is C37H49ClFNO3. The summed E-state index contributed by atoms with van der Waals surface area (Å²) < 4.78 is 14.8. The Bertz CT molecular complexity index is 1300. The molecule has 0 amide bonds. The monoisotopic (exact) mass is 609 g/mol. The van der Waals surface area contributed by atoms with Gasteiger partial charge in [0.2, 0.25) is 0 Å². The lowest BCUT2D eigenvalue weighted by Crippen LogP contribution is -2.53. The van der Waals surface area contributed by atoms with Gasteiger partial charge in [-0.05, 0) is 113 Å². The van der Waals surface area contributed by atoms with Crippen LogP contribution in [0.15, 0.2) is 48.0 Å². The molecule has 4 atom stereocenters. The number of β-amino-alcohol motifs (C(OH)–C–C–N with tert-alkyl or cyclic N) is 1. The summed E-state index contributed by atoms with van der Waals surface area (Å²) in [7, 11) is 0. The Kier molecular flexibility index (Phi) is 10.5. The zero-order valence-electron chi connectivity index (χ0n) is 26.0. The minimum absolute atomic E-state index is 0.0297. The Morgan fingerprint density at radius 1 is 1.07 bits per heavy atom. The molecule has 2 aromatic carbocycles. The first-order valence-corrected chi connectivity index (χ1v) is 16.8. The summed E-state index contributed by atoms with van der Waals surface area (Å²) >= 11 is 6.35. The zero-order valence-corrected chi connectivity index (χ0v) is 26.8. The van der Waals surface area contributed by atoms with Gasteiger partial charge >= 0.3 is 0 Å². The fourth-order valence-electron chi connectivity index (χ4n) is 8.04. The van der Waals surface area contributed by atoms with Crippen molar-refractivity contribution in [3.63, 3.8) is 0 Å². The number of allylic oxidation sites excluding steroid dienone is 2. The van der Waals surface area contributed by atoms with Gasteiger partial charge in [0, 0.05) is 34.5 Å². The number of rotatable bonds is 5. The van der Waals surface area contributed by atoms with Crippen molar-refractivity contribution in [3.05, 3.63) is 81.1 Å². The number of halogens is 2. The number of nitrogens with zero attached hydrogens (tertiary/aromatic N) is 1. The molecule has 2 aromatic rings. The first-order chi connectivity index (χ1) is 20.6. The number of carbonyl (C=O) groups excluding carboxylic acids is 1. The number of hydrogen-bond donors (Lipinski definition) is 2. The summed E-state index contributed by atoms with van der Waals surface area (Å²) in [5.74, 6) is -0.688. The number of aliphatic hydroxyl groups excluding tert-OH is 1. The summed E-state index contributed by atoms with van der Waals surface area (Å²) in [5, 5.41) is 23.7. The van der Waals surface area contributed by atoms with Gasteiger partial charge < -0.3 is 15.1 Å². The van der Waals surface area contributed by atoms with E-state index in [2.05, 4.69) is 30.9 Å². The van der Waals surface area contributed by atoms with E-state index in [-0.39, 0.29) is 28.7 Å². The zero-order chi connectivity index (χ0) is 30.6. The van der Waals surface area contributed by atoms with Crippen LogP contribution in [-0.4, -0.2) is 52.2 Å². The van der Waals surface area contributed by atoms with Crippen molar-refractivity contribution in [2.45, 2.75) is 115 Å². The third-order valence-corrected chi connectivity index (χ3v) is 11.2. The molecule has 4 aliphatic rings. The van der Waals surface area contributed by atoms with Crippen molar-refractivity contribution < 1.29 is 19.4 Å². The molecule has 1 saturated carbocycles. The molecule has 0 unspecified atom stereocenters. The Balaban J connectivity index is 1.55. The second-order valence-corrected chi connectivity index (χ2v) is 14.2. The van der Waals surface area contributed by atoms with Gasteiger partial charge in [-0.1, -0.05) is 67.6 Å². The van der Waals surface area contributed by atoms with E-state index in [9.17, 15) is 19.4 Å². The van der Waals surface area contributed by atoms with Crippen molar-refractivity contribution in [3.8, 4) is 0 Å². The molecule has 234 valence electrons. The molecule has 0 radical (unpaired) electrons. The fraction of sp³-hybridized carbons (Fsp3) is 0.595. The highest BCUT2D eigenvalue weighted by molar-refractivity contribution is 6.31. The van der Waals surface area contributed by atoms with Crippen LogP contribution in [0.1, 0.15) is 117 Å². The highest BCUT2D eigenvalue weighted by Gasteiger charge is 2.57. The van der Waals surface area contributed by atoms with E-state index in [0.717, 1.165) is 49.9 Å². The van der Waals surface area contributed by atoms with E-state index < -0.39 is 22.9 Å². The lowest BCUT2D eigenvalue weighted by atomic mass is 9.64. The first kappa shape index (κ1) is 32.3. The summed E-state index contributed by atoms with van der Waals surface area (Å²) in [6.07, 6.45) is 12.8. The second kappa shape index (κ2) is 13.9. The Morgan fingerprint density at radius 2 is 1.81 bits per heavy atom. The first-order valence-electron chi connectivity index (χ1n) is 16.5. The number of hydrogen-bond acceptors (Lipinski definition) is 4. The van der Waals surface area contributed by atoms with Crippen molar-refractivity contribution in [1.29, 1.82) is 0 Å². The van der Waals surface area contributed by atoms with Gasteiger partial charge in [0.05, 0.1) is 11.7 Å². The predicted octanol–water partition coefficient (Wildman–Crippen LogP) is 8.21. The van der Waals surface area contributed by atoms with Crippen molar-refractivity contribution in [2.75, 3.05) is 19.6 Å². The van der Waals surface area contributed by atoms with Gasteiger partial charge in [0.15, 0.2) is 5.78 Å². The normalized spacial score (nSPS) is 29.3. The van der Waals surface area contributed by atoms with Crippen molar-refractivity contribution in [1.82, 2.24) is 4.90 Å². The Morgan fingerprint density at radius 3 is 2.56 bits per heavy atom. The predicted molar refractivity (Wildman–Crippen MR) is 172 cm³/mol. The molecule has 6 heteroatoms. The number of likely N-dealkylation sites (tertiary alicyclic amines) is 1. The van der Waals surface area contributed by atoms with Crippen LogP contribution in [0.2, 0.25) is 5.02 Å². The van der Waals surface area contributed by atoms with Gasteiger partial charge in [0.1, 0.15) is 5.82 Å². The van der Waals surface area contributed by atoms with Crippen LogP contribution in [0.3, 0.4) is 0 Å². The molecule has 1 saturated heterocycles. The number of aliphatic hydroxyl groups is 2. The largest absolute Gasteiger partial charge is 0.393 e. The quantitative estimate of drug-likeness (QED) is 0.265. The fourth-order valence-corrected chi connectivity index (χ4v) is 8.27. The average Bonchev–Trinajstić information content (AvgIpc) is 3.20. The molecule has 2 N–H and O–H groups in total. The lowest BCUT2D eigenvalue weighted by Gasteiger charge is -2.46. The number of benzene rings is 2. The SMILES string of the molecule is CC1=CCC[C@@]2(C)[C@@H](CC[C@@]2(O)CN2CCCCCCC2)c2ccc(cc2C(=O)Cc2c(F)cccc2Cl)C[C@@H](O)CC1. The van der Waals surface area contributed by atoms with Crippen molar-refractivity contribution >= 4 is 17.4 Å². The molecule has 2 fully saturated rings. The molecule has 2 bridgehead atoms. The Hall–Kier alpha value is -2.05. The van der Waals surface area contributed by atoms with E-state index in [1.165, 1.54) is 43.7 Å². The molecule has 3 aliphatic carbocycles. The topological polar surface area (TPSA) is 60.8 Å². The van der Waals surface area contributed by atoms with E-state index in [1.54, 1.807) is 12.1 Å². The molecule has 1 aliphatic heterocycles. The molecule has 0 aromatic heterocycles. The van der Waals surface area contributed by atoms with E-state index in [1.807, 2.05) is 12.1 Å². The minimum Gasteiger partial charge on any atom is -0.393 e. The average molecular weight is 610 g/mol. The van der Waals surface area contributed by atoms with E-state index in [4.69, 9.17) is 11.6 Å². The van der Waals surface area contributed by atoms with E-state index in [0.29, 0.717) is 31.4 Å². The van der Waals surface area contributed by atoms with Crippen LogP contribution < -0.4 is 0 Å². The highest BCUT2D eigenvalue weighted by atomic mass is 35.5. The van der Waals surface area contributed by atoms with Crippen molar-refractivity contribution in [2.24, 2.45) is 5.41 Å². The van der Waals surface area contributed by atoms with Crippen LogP contribution in [0.5, 0.6) is 0 Å². The summed E-state index contributed by atoms with van der Waals surface area (Å²) in [5.41, 5.74) is 2.53. The lowest BCUT2D eigenvalue weighted by molar-refractivity contribution is -0.0843. The number of ketones is 1. The summed E-state index contributed by atoms with van der Waals surface area (Å²) in [6, 6.07) is 10.5. The molecule has 4 nitrogen and oxygen atoms in total. The van der Waals surface area contributed by atoms with Gasteiger partial charge in [-0.3, -0.25) is 4.79 Å². The molecule has 0 spiro atoms. The highest BCUT2D eigenvalue weighted by Crippen LogP contribution is 2.59. The third-order valence-electron chi connectivity index (χ3n) is 10.8. The van der Waals surface area contributed by atoms with Gasteiger partial charge in [-0.15, -0.1) is 0 Å². The minimum atomic E-state index is -0.889. The maximum Gasteiger partial charge on any atom is 0.167 e. The number of fused-ring (bicyclic) bond motifs is 8. The maximum absolute atomic E-state index is 14.8.